The van der Waals surface area contributed by atoms with Gasteiger partial charge in [-0.2, -0.15) is 0 Å². The van der Waals surface area contributed by atoms with E-state index in [1.807, 2.05) is 26.0 Å². The molecular formula is C7H18N3+. The Bertz CT molecular complexity index is 130. The van der Waals surface area contributed by atoms with Gasteiger partial charge < -0.3 is 4.90 Å². The predicted molar refractivity (Wildman–Crippen MR) is 45.1 cm³/mol. The van der Waals surface area contributed by atoms with Crippen molar-refractivity contribution in [2.24, 2.45) is 4.99 Å². The molecule has 10 heavy (non-hydrogen) atoms. The number of hydrogen-bond donors (Lipinski definition) is 0. The van der Waals surface area contributed by atoms with Crippen molar-refractivity contribution in [1.29, 1.82) is 0 Å². The summed E-state index contributed by atoms with van der Waals surface area (Å²) in [5.41, 5.74) is 0. The Labute approximate surface area is 63.6 Å². The lowest BCUT2D eigenvalue weighted by molar-refractivity contribution is -0.782. The smallest absolute Gasteiger partial charge is 0.298 e. The zero-order valence-corrected chi connectivity index (χ0v) is 7.84. The number of quaternary nitrogens is 1. The molecule has 0 heterocycles. The van der Waals surface area contributed by atoms with Crippen LogP contribution in [0.1, 0.15) is 0 Å². The maximum atomic E-state index is 4.17. The van der Waals surface area contributed by atoms with Gasteiger partial charge in [-0.05, 0) is 0 Å². The summed E-state index contributed by atoms with van der Waals surface area (Å²) in [4.78, 5) is 6.20. The average molecular weight is 144 g/mol. The number of aliphatic imine (C=N–C) groups is 1. The molecule has 0 aliphatic heterocycles. The monoisotopic (exact) mass is 144 g/mol. The third kappa shape index (κ3) is 2.35. The SMILES string of the molecule is C/N=C(\N(C)C)[N+](C)(C)C. The Hall–Kier alpha value is -0.570. The first-order valence-corrected chi connectivity index (χ1v) is 3.35. The molecule has 3 heteroatoms. The lowest BCUT2D eigenvalue weighted by Gasteiger charge is -2.28. The highest BCUT2D eigenvalue weighted by Gasteiger charge is 2.18. The summed E-state index contributed by atoms with van der Waals surface area (Å²) < 4.78 is 0.767. The van der Waals surface area contributed by atoms with Crippen molar-refractivity contribution >= 4 is 5.96 Å². The third-order valence-electron chi connectivity index (χ3n) is 1.20. The molecule has 0 aliphatic rings. The molecule has 0 rings (SSSR count). The van der Waals surface area contributed by atoms with Gasteiger partial charge in [0.15, 0.2) is 0 Å². The molecule has 0 saturated carbocycles. The molecule has 0 aromatic heterocycles. The zero-order chi connectivity index (χ0) is 8.36. The summed E-state index contributed by atoms with van der Waals surface area (Å²) in [7, 11) is 12.1. The Morgan fingerprint density at radius 3 is 1.60 bits per heavy atom. The van der Waals surface area contributed by atoms with Gasteiger partial charge in [-0.1, -0.05) is 0 Å². The average Bonchev–Trinajstić information content (AvgIpc) is 1.60. The van der Waals surface area contributed by atoms with Crippen LogP contribution < -0.4 is 0 Å². The molecule has 0 aromatic rings. The molecule has 0 amide bonds. The van der Waals surface area contributed by atoms with Crippen LogP contribution in [-0.2, 0) is 0 Å². The molecule has 0 fully saturated rings. The van der Waals surface area contributed by atoms with Crippen molar-refractivity contribution in [1.82, 2.24) is 4.90 Å². The van der Waals surface area contributed by atoms with Gasteiger partial charge >= 0.3 is 0 Å². The van der Waals surface area contributed by atoms with Gasteiger partial charge in [0, 0.05) is 21.1 Å². The van der Waals surface area contributed by atoms with Crippen LogP contribution in [0.25, 0.3) is 0 Å². The van der Waals surface area contributed by atoms with Gasteiger partial charge in [0.25, 0.3) is 5.96 Å². The molecule has 0 radical (unpaired) electrons. The molecule has 60 valence electrons. The highest BCUT2D eigenvalue weighted by Crippen LogP contribution is 1.96. The third-order valence-corrected chi connectivity index (χ3v) is 1.20. The number of rotatable bonds is 0. The first-order chi connectivity index (χ1) is 4.39. The number of hydrogen-bond acceptors (Lipinski definition) is 1. The van der Waals surface area contributed by atoms with E-state index in [0.29, 0.717) is 0 Å². The molecule has 0 aliphatic carbocycles. The van der Waals surface area contributed by atoms with Gasteiger partial charge in [-0.15, -0.1) is 0 Å². The van der Waals surface area contributed by atoms with E-state index in [-0.39, 0.29) is 0 Å². The van der Waals surface area contributed by atoms with Crippen molar-refractivity contribution in [3.63, 3.8) is 0 Å². The fourth-order valence-electron chi connectivity index (χ4n) is 1.10. The molecule has 0 bridgehead atoms. The second kappa shape index (κ2) is 3.01. The van der Waals surface area contributed by atoms with E-state index in [2.05, 4.69) is 26.1 Å². The highest BCUT2D eigenvalue weighted by molar-refractivity contribution is 5.72. The Balaban J connectivity index is 4.40. The van der Waals surface area contributed by atoms with E-state index in [1.165, 1.54) is 0 Å². The van der Waals surface area contributed by atoms with E-state index >= 15 is 0 Å². The molecular weight excluding hydrogens is 126 g/mol. The predicted octanol–water partition coefficient (Wildman–Crippen LogP) is 0.240. The van der Waals surface area contributed by atoms with E-state index in [0.717, 1.165) is 10.4 Å². The van der Waals surface area contributed by atoms with Crippen LogP contribution in [-0.4, -0.2) is 57.6 Å². The first kappa shape index (κ1) is 9.43. The van der Waals surface area contributed by atoms with Gasteiger partial charge in [0.1, 0.15) is 0 Å². The van der Waals surface area contributed by atoms with Crippen molar-refractivity contribution in [3.8, 4) is 0 Å². The molecule has 0 N–H and O–H groups in total. The normalized spacial score (nSPS) is 13.6. The largest absolute Gasteiger partial charge is 0.317 e. The fourth-order valence-corrected chi connectivity index (χ4v) is 1.10. The van der Waals surface area contributed by atoms with E-state index in [4.69, 9.17) is 0 Å². The van der Waals surface area contributed by atoms with E-state index < -0.39 is 0 Å². The minimum atomic E-state index is 0.767. The van der Waals surface area contributed by atoms with Crippen molar-refractivity contribution < 1.29 is 4.48 Å². The molecule has 3 nitrogen and oxygen atoms in total. The Morgan fingerprint density at radius 2 is 1.60 bits per heavy atom. The second-order valence-electron chi connectivity index (χ2n) is 3.43. The van der Waals surface area contributed by atoms with Crippen molar-refractivity contribution in [2.75, 3.05) is 42.3 Å². The van der Waals surface area contributed by atoms with Crippen LogP contribution in [0.15, 0.2) is 4.99 Å². The van der Waals surface area contributed by atoms with Crippen molar-refractivity contribution in [3.05, 3.63) is 0 Å². The molecule has 0 unspecified atom stereocenters. The van der Waals surface area contributed by atoms with Crippen LogP contribution in [0.4, 0.5) is 0 Å². The zero-order valence-electron chi connectivity index (χ0n) is 7.84. The lowest BCUT2D eigenvalue weighted by atomic mass is 10.6. The Morgan fingerprint density at radius 1 is 1.20 bits per heavy atom. The van der Waals surface area contributed by atoms with Gasteiger partial charge in [0.2, 0.25) is 0 Å². The number of nitrogens with zero attached hydrogens (tertiary/aromatic N) is 3. The van der Waals surface area contributed by atoms with Crippen LogP contribution >= 0.6 is 0 Å². The second-order valence-corrected chi connectivity index (χ2v) is 3.43. The maximum Gasteiger partial charge on any atom is 0.298 e. The van der Waals surface area contributed by atoms with Crippen LogP contribution in [0.3, 0.4) is 0 Å². The quantitative estimate of drug-likeness (QED) is 0.270. The first-order valence-electron chi connectivity index (χ1n) is 3.35. The van der Waals surface area contributed by atoms with Crippen LogP contribution in [0.5, 0.6) is 0 Å². The summed E-state index contributed by atoms with van der Waals surface area (Å²) in [5, 5.41) is 0. The summed E-state index contributed by atoms with van der Waals surface area (Å²) in [6.07, 6.45) is 0. The topological polar surface area (TPSA) is 15.6 Å². The lowest BCUT2D eigenvalue weighted by Crippen LogP contribution is -2.48. The summed E-state index contributed by atoms with van der Waals surface area (Å²) in [5.74, 6) is 1.07. The summed E-state index contributed by atoms with van der Waals surface area (Å²) >= 11 is 0. The summed E-state index contributed by atoms with van der Waals surface area (Å²) in [6, 6.07) is 0. The molecule has 0 atom stereocenters. The maximum absolute atomic E-state index is 4.17. The molecule has 0 aromatic carbocycles. The van der Waals surface area contributed by atoms with Gasteiger partial charge in [-0.3, -0.25) is 4.48 Å². The molecule has 0 saturated heterocycles. The molecule has 0 spiro atoms. The standard InChI is InChI=1S/C7H18N3/c1-8-7(9(2)3)10(4,5)6/h1-6H3/q+1/b8-7+. The minimum absolute atomic E-state index is 0.767. The van der Waals surface area contributed by atoms with Crippen LogP contribution in [0.2, 0.25) is 0 Å². The van der Waals surface area contributed by atoms with Crippen LogP contribution in [0, 0.1) is 0 Å². The van der Waals surface area contributed by atoms with Gasteiger partial charge in [0.05, 0.1) is 21.1 Å². The summed E-state index contributed by atoms with van der Waals surface area (Å²) in [6.45, 7) is 0. The fraction of sp³-hybridized carbons (Fsp3) is 0.857. The van der Waals surface area contributed by atoms with E-state index in [1.54, 1.807) is 0 Å². The minimum Gasteiger partial charge on any atom is -0.317 e. The van der Waals surface area contributed by atoms with Gasteiger partial charge in [-0.25, -0.2) is 4.99 Å². The highest BCUT2D eigenvalue weighted by atomic mass is 15.4. The Kier molecular flexibility index (Phi) is 2.84. The van der Waals surface area contributed by atoms with Crippen molar-refractivity contribution in [2.45, 2.75) is 0 Å². The number of guanidine groups is 1. The van der Waals surface area contributed by atoms with E-state index in [9.17, 15) is 0 Å².